The van der Waals surface area contributed by atoms with Crippen molar-refractivity contribution in [2.24, 2.45) is 0 Å². The summed E-state index contributed by atoms with van der Waals surface area (Å²) in [5.74, 6) is -1.10. The van der Waals surface area contributed by atoms with E-state index in [4.69, 9.17) is 19.3 Å². The largest absolute Gasteiger partial charge is 0.469 e. The zero-order chi connectivity index (χ0) is 41.1. The highest BCUT2D eigenvalue weighted by Crippen LogP contribution is 2.35. The van der Waals surface area contributed by atoms with Crippen molar-refractivity contribution in [1.82, 2.24) is 0 Å². The van der Waals surface area contributed by atoms with Crippen LogP contribution in [0.4, 0.5) is 0 Å². The molecular weight excluding hydrogens is 723 g/mol. The molecule has 2 N–H and O–H groups in total. The zero-order valence-electron chi connectivity index (χ0n) is 34.0. The van der Waals surface area contributed by atoms with Gasteiger partial charge in [0.25, 0.3) is 0 Å². The molecule has 0 saturated carbocycles. The van der Waals surface area contributed by atoms with Gasteiger partial charge in [-0.2, -0.15) is 0 Å². The molecule has 0 amide bonds. The first-order valence-corrected chi connectivity index (χ1v) is 21.7. The highest BCUT2D eigenvalue weighted by atomic mass is 31.2. The van der Waals surface area contributed by atoms with Crippen molar-refractivity contribution in [3.05, 3.63) is 146 Å². The van der Waals surface area contributed by atoms with Crippen molar-refractivity contribution < 1.29 is 37.9 Å². The SMILES string of the molecule is CC/C=C\C/C=C\C/C=C\C/C=C\C/C=C\C/C=C\CCC(=O)OCC(COP(=O)(O)O)OC(=O)CC/C=C\C/C=C\C/C=C\C/C=C\C/C=C\C/C=C\CC. The summed E-state index contributed by atoms with van der Waals surface area (Å²) in [4.78, 5) is 42.7. The van der Waals surface area contributed by atoms with E-state index in [1.165, 1.54) is 0 Å². The van der Waals surface area contributed by atoms with Gasteiger partial charge in [-0.15, -0.1) is 0 Å². The Balaban J connectivity index is 4.24. The van der Waals surface area contributed by atoms with E-state index in [0.717, 1.165) is 77.0 Å². The molecule has 0 aromatic heterocycles. The van der Waals surface area contributed by atoms with E-state index in [1.807, 2.05) is 24.3 Å². The van der Waals surface area contributed by atoms with Crippen LogP contribution in [0.5, 0.6) is 0 Å². The Morgan fingerprint density at radius 1 is 0.446 bits per heavy atom. The predicted octanol–water partition coefficient (Wildman–Crippen LogP) is 12.5. The minimum atomic E-state index is -4.80. The maximum absolute atomic E-state index is 12.4. The van der Waals surface area contributed by atoms with E-state index in [0.29, 0.717) is 12.8 Å². The van der Waals surface area contributed by atoms with E-state index >= 15 is 0 Å². The highest BCUT2D eigenvalue weighted by Gasteiger charge is 2.22. The average molecular weight is 793 g/mol. The first-order chi connectivity index (χ1) is 27.3. The molecule has 310 valence electrons. The van der Waals surface area contributed by atoms with E-state index in [-0.39, 0.29) is 19.4 Å². The van der Waals surface area contributed by atoms with Gasteiger partial charge in [-0.05, 0) is 89.9 Å². The van der Waals surface area contributed by atoms with Gasteiger partial charge in [0.15, 0.2) is 6.10 Å². The lowest BCUT2D eigenvalue weighted by atomic mass is 10.2. The standard InChI is InChI=1S/C47H69O8P/c1-3-5-7-9-11-13-15-17-19-21-23-25-27-29-31-33-35-37-39-41-46(48)53-43-45(44-54-56(50,51)52)55-47(49)42-40-38-36-34-32-30-28-26-24-22-20-18-16-14-12-10-8-6-4-2/h5-8,11-14,17-20,23-26,29-32,35-38,45H,3-4,9-10,15-16,21-22,27-28,33-34,39-44H2,1-2H3,(H2,50,51,52)/b7-5-,8-6-,13-11-,14-12-,19-17-,20-18-,25-23-,26-24-,31-29-,32-30-,37-35-,38-36-. The fourth-order valence-corrected chi connectivity index (χ4v) is 4.84. The summed E-state index contributed by atoms with van der Waals surface area (Å²) in [7, 11) is -4.80. The number of phosphoric ester groups is 1. The van der Waals surface area contributed by atoms with Gasteiger partial charge < -0.3 is 19.3 Å². The number of phosphoric acid groups is 1. The van der Waals surface area contributed by atoms with Crippen LogP contribution in [0.3, 0.4) is 0 Å². The Kier molecular flexibility index (Phi) is 37.6. The Hall–Kier alpha value is -4.07. The number of carbonyl (C=O) groups is 2. The Morgan fingerprint density at radius 2 is 0.732 bits per heavy atom. The first kappa shape index (κ1) is 51.9. The van der Waals surface area contributed by atoms with Gasteiger partial charge >= 0.3 is 19.8 Å². The van der Waals surface area contributed by atoms with E-state index in [1.54, 1.807) is 0 Å². The van der Waals surface area contributed by atoms with Crippen LogP contribution in [0.15, 0.2) is 146 Å². The van der Waals surface area contributed by atoms with Gasteiger partial charge in [0.05, 0.1) is 6.61 Å². The van der Waals surface area contributed by atoms with Gasteiger partial charge in [-0.3, -0.25) is 14.1 Å². The lowest BCUT2D eigenvalue weighted by Crippen LogP contribution is -2.29. The first-order valence-electron chi connectivity index (χ1n) is 20.1. The van der Waals surface area contributed by atoms with Crippen LogP contribution < -0.4 is 0 Å². The number of hydrogen-bond donors (Lipinski definition) is 2. The van der Waals surface area contributed by atoms with Crippen LogP contribution in [0.25, 0.3) is 0 Å². The monoisotopic (exact) mass is 792 g/mol. The predicted molar refractivity (Wildman–Crippen MR) is 234 cm³/mol. The van der Waals surface area contributed by atoms with Gasteiger partial charge in [-0.1, -0.05) is 160 Å². The molecule has 0 bridgehead atoms. The molecule has 0 aliphatic carbocycles. The number of ether oxygens (including phenoxy) is 2. The maximum Gasteiger partial charge on any atom is 0.469 e. The van der Waals surface area contributed by atoms with Gasteiger partial charge in [0.1, 0.15) is 6.61 Å². The Morgan fingerprint density at radius 3 is 1.04 bits per heavy atom. The van der Waals surface area contributed by atoms with Crippen LogP contribution in [-0.2, 0) is 28.2 Å². The summed E-state index contributed by atoms with van der Waals surface area (Å²) in [5.41, 5.74) is 0. The third-order valence-electron chi connectivity index (χ3n) is 7.38. The fraction of sp³-hybridized carbons (Fsp3) is 0.447. The van der Waals surface area contributed by atoms with Gasteiger partial charge in [-0.25, -0.2) is 4.57 Å². The Bertz CT molecular complexity index is 1400. The van der Waals surface area contributed by atoms with Gasteiger partial charge in [0.2, 0.25) is 0 Å². The second-order valence-electron chi connectivity index (χ2n) is 12.5. The molecule has 9 heteroatoms. The van der Waals surface area contributed by atoms with Crippen molar-refractivity contribution in [2.75, 3.05) is 13.2 Å². The average Bonchev–Trinajstić information content (AvgIpc) is 3.17. The summed E-state index contributed by atoms with van der Waals surface area (Å²) < 4.78 is 26.2. The topological polar surface area (TPSA) is 119 Å². The number of hydrogen-bond acceptors (Lipinski definition) is 6. The van der Waals surface area contributed by atoms with E-state index in [2.05, 4.69) is 140 Å². The number of esters is 2. The quantitative estimate of drug-likeness (QED) is 0.0375. The summed E-state index contributed by atoms with van der Waals surface area (Å²) >= 11 is 0. The van der Waals surface area contributed by atoms with Crippen molar-refractivity contribution in [1.29, 1.82) is 0 Å². The molecule has 0 aliphatic rings. The molecular formula is C47H69O8P. The third kappa shape index (κ3) is 42.7. The second kappa shape index (κ2) is 40.6. The lowest BCUT2D eigenvalue weighted by molar-refractivity contribution is -0.161. The molecule has 0 radical (unpaired) electrons. The molecule has 0 heterocycles. The number of carbonyl (C=O) groups excluding carboxylic acids is 2. The molecule has 0 fully saturated rings. The molecule has 0 aromatic rings. The second-order valence-corrected chi connectivity index (χ2v) is 13.7. The van der Waals surface area contributed by atoms with Crippen molar-refractivity contribution in [2.45, 2.75) is 123 Å². The number of rotatable bonds is 34. The molecule has 0 spiro atoms. The number of allylic oxidation sites excluding steroid dienone is 24. The van der Waals surface area contributed by atoms with Crippen molar-refractivity contribution >= 4 is 19.8 Å². The third-order valence-corrected chi connectivity index (χ3v) is 7.87. The van der Waals surface area contributed by atoms with Gasteiger partial charge in [0, 0.05) is 12.8 Å². The van der Waals surface area contributed by atoms with Crippen LogP contribution in [0, 0.1) is 0 Å². The van der Waals surface area contributed by atoms with Crippen LogP contribution >= 0.6 is 7.82 Å². The molecule has 1 unspecified atom stereocenters. The van der Waals surface area contributed by atoms with Crippen molar-refractivity contribution in [3.8, 4) is 0 Å². The molecule has 0 rings (SSSR count). The van der Waals surface area contributed by atoms with Crippen LogP contribution in [0.1, 0.15) is 117 Å². The summed E-state index contributed by atoms with van der Waals surface area (Å²) in [6, 6.07) is 0. The highest BCUT2D eigenvalue weighted by molar-refractivity contribution is 7.46. The maximum atomic E-state index is 12.4. The molecule has 0 aliphatic heterocycles. The normalized spacial score (nSPS) is 14.0. The molecule has 0 aromatic carbocycles. The lowest BCUT2D eigenvalue weighted by Gasteiger charge is -2.18. The Labute approximate surface area is 338 Å². The fourth-order valence-electron chi connectivity index (χ4n) is 4.48. The minimum Gasteiger partial charge on any atom is -0.462 e. The van der Waals surface area contributed by atoms with Crippen LogP contribution in [-0.4, -0.2) is 41.0 Å². The molecule has 8 nitrogen and oxygen atoms in total. The minimum absolute atomic E-state index is 0.0607. The summed E-state index contributed by atoms with van der Waals surface area (Å²) in [6.07, 6.45) is 61.6. The summed E-state index contributed by atoms with van der Waals surface area (Å²) in [6.45, 7) is 3.30. The zero-order valence-corrected chi connectivity index (χ0v) is 34.8. The van der Waals surface area contributed by atoms with Crippen LogP contribution in [0.2, 0.25) is 0 Å². The van der Waals surface area contributed by atoms with Crippen molar-refractivity contribution in [3.63, 3.8) is 0 Å². The molecule has 56 heavy (non-hydrogen) atoms. The molecule has 1 atom stereocenters. The smallest absolute Gasteiger partial charge is 0.462 e. The summed E-state index contributed by atoms with van der Waals surface area (Å²) in [5, 5.41) is 0. The van der Waals surface area contributed by atoms with E-state index < -0.39 is 32.5 Å². The molecule has 0 saturated heterocycles. The van der Waals surface area contributed by atoms with E-state index in [9.17, 15) is 14.2 Å².